The van der Waals surface area contributed by atoms with Crippen molar-refractivity contribution in [2.75, 3.05) is 42.9 Å². The molecule has 33 heavy (non-hydrogen) atoms. The standard InChI is InChI=1S/C26H28FN3O3/c1-17(31)25-15-18-14-20(6-8-24(18)33-25)30-12-10-29(11-13-30)9-3-2-4-21-22-16-19(27)5-7-23(22)28-26(21)32/h5-8,14-16,21H,2-4,9-13H2,1H3,(H,28,32). The number of carbonyl (C=O) groups is 2. The molecule has 0 aliphatic carbocycles. The molecule has 1 unspecified atom stereocenters. The third-order valence-corrected chi connectivity index (χ3v) is 6.76. The van der Waals surface area contributed by atoms with Crippen LogP contribution in [0.25, 0.3) is 11.0 Å². The highest BCUT2D eigenvalue weighted by Gasteiger charge is 2.30. The van der Waals surface area contributed by atoms with E-state index >= 15 is 0 Å². The molecule has 1 saturated heterocycles. The number of halogens is 1. The molecule has 0 spiro atoms. The first-order valence-electron chi connectivity index (χ1n) is 11.6. The molecule has 1 fully saturated rings. The number of hydrogen-bond donors (Lipinski definition) is 1. The van der Waals surface area contributed by atoms with Gasteiger partial charge in [0.25, 0.3) is 0 Å². The van der Waals surface area contributed by atoms with Gasteiger partial charge in [-0.25, -0.2) is 4.39 Å². The maximum atomic E-state index is 13.6. The Balaban J connectivity index is 1.09. The maximum absolute atomic E-state index is 13.6. The summed E-state index contributed by atoms with van der Waals surface area (Å²) < 4.78 is 19.2. The number of unbranched alkanes of at least 4 members (excludes halogenated alkanes) is 1. The minimum absolute atomic E-state index is 0.0192. The molecule has 2 aromatic carbocycles. The van der Waals surface area contributed by atoms with E-state index in [0.717, 1.165) is 79.9 Å². The van der Waals surface area contributed by atoms with E-state index in [4.69, 9.17) is 4.42 Å². The van der Waals surface area contributed by atoms with E-state index in [1.165, 1.54) is 19.1 Å². The minimum Gasteiger partial charge on any atom is -0.453 e. The number of Topliss-reactive ketones (excluding diaryl/α,β-unsaturated/α-hetero) is 1. The van der Waals surface area contributed by atoms with Gasteiger partial charge >= 0.3 is 0 Å². The number of hydrogen-bond acceptors (Lipinski definition) is 5. The summed E-state index contributed by atoms with van der Waals surface area (Å²) in [6.45, 7) is 6.38. The van der Waals surface area contributed by atoms with Gasteiger partial charge in [0, 0.05) is 49.9 Å². The van der Waals surface area contributed by atoms with Crippen LogP contribution in [0.2, 0.25) is 0 Å². The van der Waals surface area contributed by atoms with Crippen molar-refractivity contribution >= 4 is 34.0 Å². The number of ketones is 1. The van der Waals surface area contributed by atoms with Gasteiger partial charge in [0.15, 0.2) is 11.5 Å². The number of benzene rings is 2. The van der Waals surface area contributed by atoms with Gasteiger partial charge in [0.1, 0.15) is 11.4 Å². The van der Waals surface area contributed by atoms with Gasteiger partial charge in [-0.3, -0.25) is 14.5 Å². The van der Waals surface area contributed by atoms with Crippen LogP contribution in [0.5, 0.6) is 0 Å². The van der Waals surface area contributed by atoms with Gasteiger partial charge in [0.05, 0.1) is 5.92 Å². The molecular formula is C26H28FN3O3. The Morgan fingerprint density at radius 3 is 2.70 bits per heavy atom. The Labute approximate surface area is 192 Å². The van der Waals surface area contributed by atoms with Gasteiger partial charge in [-0.1, -0.05) is 6.42 Å². The van der Waals surface area contributed by atoms with Crippen molar-refractivity contribution < 1.29 is 18.4 Å². The number of rotatable bonds is 7. The van der Waals surface area contributed by atoms with Crippen molar-refractivity contribution in [3.8, 4) is 0 Å². The van der Waals surface area contributed by atoms with Crippen LogP contribution in [0.4, 0.5) is 15.8 Å². The fourth-order valence-electron chi connectivity index (χ4n) is 4.90. The van der Waals surface area contributed by atoms with E-state index in [1.807, 2.05) is 12.1 Å². The topological polar surface area (TPSA) is 65.8 Å². The summed E-state index contributed by atoms with van der Waals surface area (Å²) in [5, 5.41) is 3.82. The highest BCUT2D eigenvalue weighted by Crippen LogP contribution is 2.36. The first-order valence-corrected chi connectivity index (χ1v) is 11.6. The molecule has 3 aromatic rings. The number of nitrogens with zero attached hydrogens (tertiary/aromatic N) is 2. The summed E-state index contributed by atoms with van der Waals surface area (Å²) in [5.41, 5.74) is 3.42. The van der Waals surface area contributed by atoms with Gasteiger partial charge < -0.3 is 14.6 Å². The van der Waals surface area contributed by atoms with Crippen LogP contribution in [0.15, 0.2) is 46.9 Å². The van der Waals surface area contributed by atoms with Crippen LogP contribution < -0.4 is 10.2 Å². The summed E-state index contributed by atoms with van der Waals surface area (Å²) in [6, 6.07) is 12.4. The summed E-state index contributed by atoms with van der Waals surface area (Å²) in [6.07, 6.45) is 2.70. The van der Waals surface area contributed by atoms with Crippen LogP contribution in [0, 0.1) is 5.82 Å². The van der Waals surface area contributed by atoms with Crippen molar-refractivity contribution in [2.45, 2.75) is 32.1 Å². The van der Waals surface area contributed by atoms with Crippen molar-refractivity contribution in [3.05, 3.63) is 59.6 Å². The van der Waals surface area contributed by atoms with E-state index in [0.29, 0.717) is 5.76 Å². The highest BCUT2D eigenvalue weighted by atomic mass is 19.1. The number of anilines is 2. The van der Waals surface area contributed by atoms with Crippen molar-refractivity contribution in [3.63, 3.8) is 0 Å². The zero-order valence-corrected chi connectivity index (χ0v) is 18.8. The Morgan fingerprint density at radius 2 is 1.91 bits per heavy atom. The number of piperazine rings is 1. The fraction of sp³-hybridized carbons (Fsp3) is 0.385. The number of fused-ring (bicyclic) bond motifs is 2. The number of nitrogens with one attached hydrogen (secondary N) is 1. The molecule has 0 bridgehead atoms. The Bertz CT molecular complexity index is 1200. The van der Waals surface area contributed by atoms with E-state index in [-0.39, 0.29) is 23.4 Å². The molecule has 6 nitrogen and oxygen atoms in total. The quantitative estimate of drug-likeness (QED) is 0.415. The molecule has 0 radical (unpaired) electrons. The molecule has 1 atom stereocenters. The number of carbonyl (C=O) groups excluding carboxylic acids is 2. The monoisotopic (exact) mass is 449 g/mol. The number of amides is 1. The number of furan rings is 1. The van der Waals surface area contributed by atoms with Crippen LogP contribution in [0.1, 0.15) is 48.2 Å². The molecule has 1 amide bonds. The van der Waals surface area contributed by atoms with Gasteiger partial charge in [-0.15, -0.1) is 0 Å². The molecule has 7 heteroatoms. The minimum atomic E-state index is -0.292. The lowest BCUT2D eigenvalue weighted by atomic mass is 9.95. The molecule has 2 aliphatic heterocycles. The van der Waals surface area contributed by atoms with Crippen LogP contribution >= 0.6 is 0 Å². The Kier molecular flexibility index (Phi) is 5.89. The average molecular weight is 450 g/mol. The maximum Gasteiger partial charge on any atom is 0.232 e. The van der Waals surface area contributed by atoms with Gasteiger partial charge in [-0.05, 0) is 67.4 Å². The highest BCUT2D eigenvalue weighted by molar-refractivity contribution is 6.02. The molecule has 1 N–H and O–H groups in total. The molecule has 172 valence electrons. The van der Waals surface area contributed by atoms with E-state index < -0.39 is 0 Å². The summed E-state index contributed by atoms with van der Waals surface area (Å²) in [7, 11) is 0. The first-order chi connectivity index (χ1) is 16.0. The fourth-order valence-corrected chi connectivity index (χ4v) is 4.90. The SMILES string of the molecule is CC(=O)c1cc2cc(N3CCN(CCCCC4C(=O)Nc5ccc(F)cc54)CC3)ccc2o1. The largest absolute Gasteiger partial charge is 0.453 e. The van der Waals surface area contributed by atoms with Crippen molar-refractivity contribution in [1.29, 1.82) is 0 Å². The Hall–Kier alpha value is -3.19. The summed E-state index contributed by atoms with van der Waals surface area (Å²) >= 11 is 0. The van der Waals surface area contributed by atoms with Crippen LogP contribution in [-0.2, 0) is 4.79 Å². The summed E-state index contributed by atoms with van der Waals surface area (Å²) in [4.78, 5) is 28.6. The molecule has 3 heterocycles. The second-order valence-electron chi connectivity index (χ2n) is 8.99. The third-order valence-electron chi connectivity index (χ3n) is 6.76. The molecular weight excluding hydrogens is 421 g/mol. The first kappa shape index (κ1) is 21.6. The smallest absolute Gasteiger partial charge is 0.232 e. The van der Waals surface area contributed by atoms with E-state index in [9.17, 15) is 14.0 Å². The van der Waals surface area contributed by atoms with Crippen molar-refractivity contribution in [1.82, 2.24) is 4.90 Å². The molecule has 5 rings (SSSR count). The second kappa shape index (κ2) is 8.98. The van der Waals surface area contributed by atoms with Crippen LogP contribution in [-0.4, -0.2) is 49.3 Å². The predicted molar refractivity (Wildman–Crippen MR) is 126 cm³/mol. The molecule has 0 saturated carbocycles. The molecule has 1 aromatic heterocycles. The summed E-state index contributed by atoms with van der Waals surface area (Å²) in [5.74, 6) is -0.218. The van der Waals surface area contributed by atoms with E-state index in [1.54, 1.807) is 6.07 Å². The third kappa shape index (κ3) is 4.50. The van der Waals surface area contributed by atoms with Gasteiger partial charge in [-0.2, -0.15) is 0 Å². The lowest BCUT2D eigenvalue weighted by Gasteiger charge is -2.36. The normalized spacial score (nSPS) is 18.5. The average Bonchev–Trinajstić information content (AvgIpc) is 3.37. The van der Waals surface area contributed by atoms with Crippen LogP contribution in [0.3, 0.4) is 0 Å². The molecule has 2 aliphatic rings. The lowest BCUT2D eigenvalue weighted by Crippen LogP contribution is -2.46. The zero-order chi connectivity index (χ0) is 22.9. The predicted octanol–water partition coefficient (Wildman–Crippen LogP) is 4.80. The lowest BCUT2D eigenvalue weighted by molar-refractivity contribution is -0.117. The second-order valence-corrected chi connectivity index (χ2v) is 8.99. The Morgan fingerprint density at radius 1 is 1.09 bits per heavy atom. The van der Waals surface area contributed by atoms with Crippen molar-refractivity contribution in [2.24, 2.45) is 0 Å². The van der Waals surface area contributed by atoms with Gasteiger partial charge in [0.2, 0.25) is 5.91 Å². The zero-order valence-electron chi connectivity index (χ0n) is 18.8. The van der Waals surface area contributed by atoms with E-state index in [2.05, 4.69) is 27.2 Å².